The molecule has 1 aliphatic rings. The summed E-state index contributed by atoms with van der Waals surface area (Å²) < 4.78 is 57.0. The van der Waals surface area contributed by atoms with E-state index in [1.807, 2.05) is 0 Å². The zero-order valence-corrected chi connectivity index (χ0v) is 15.6. The molecule has 2 atom stereocenters. The first-order chi connectivity index (χ1) is 12.3. The van der Waals surface area contributed by atoms with Crippen molar-refractivity contribution in [2.24, 2.45) is 16.1 Å². The molecule has 0 radical (unpaired) electrons. The molecule has 0 fully saturated rings. The highest BCUT2D eigenvalue weighted by Gasteiger charge is 2.62. The molecule has 0 aromatic heterocycles. The normalized spacial score (nSPS) is 20.3. The van der Waals surface area contributed by atoms with Crippen molar-refractivity contribution in [2.75, 3.05) is 26.9 Å². The summed E-state index contributed by atoms with van der Waals surface area (Å²) in [6, 6.07) is 4.88. The maximum absolute atomic E-state index is 15.0. The van der Waals surface area contributed by atoms with E-state index in [9.17, 15) is 9.36 Å². The third-order valence-electron chi connectivity index (χ3n) is 3.95. The van der Waals surface area contributed by atoms with Gasteiger partial charge in [-0.3, -0.25) is 4.57 Å². The Hall–Kier alpha value is -1.70. The van der Waals surface area contributed by atoms with Crippen LogP contribution in [0.1, 0.15) is 35.8 Å². The lowest BCUT2D eigenvalue weighted by atomic mass is 9.94. The first-order valence-electron chi connectivity index (χ1n) is 8.12. The van der Waals surface area contributed by atoms with E-state index in [1.165, 1.54) is 45.2 Å². The van der Waals surface area contributed by atoms with E-state index in [2.05, 4.69) is 15.0 Å². The third-order valence-corrected chi connectivity index (χ3v) is 6.21. The average molecular weight is 390 g/mol. The summed E-state index contributed by atoms with van der Waals surface area (Å²) in [4.78, 5) is 11.5. The van der Waals surface area contributed by atoms with Crippen molar-refractivity contribution in [3.05, 3.63) is 35.4 Å². The average Bonchev–Trinajstić information content (AvgIpc) is 3.12. The van der Waals surface area contributed by atoms with E-state index in [0.717, 1.165) is 0 Å². The Labute approximate surface area is 150 Å². The number of carbonyl (C=O) groups is 1. The van der Waals surface area contributed by atoms with Crippen LogP contribution < -0.4 is 0 Å². The monoisotopic (exact) mass is 390 g/mol. The SMILES string of the molecule is CCOP(=O)(OCC)C(F)(F)[C@H]1CN=N[C@@H]1c1ccc(C(=O)OC)cc1. The molecule has 1 heterocycles. The van der Waals surface area contributed by atoms with Crippen molar-refractivity contribution in [1.82, 2.24) is 0 Å². The zero-order chi connectivity index (χ0) is 19.4. The number of methoxy groups -OCH3 is 1. The van der Waals surface area contributed by atoms with Crippen LogP contribution >= 0.6 is 7.60 Å². The van der Waals surface area contributed by atoms with Crippen LogP contribution in [0.3, 0.4) is 0 Å². The zero-order valence-electron chi connectivity index (χ0n) is 14.7. The van der Waals surface area contributed by atoms with Crippen LogP contribution in [0.5, 0.6) is 0 Å². The topological polar surface area (TPSA) is 86.5 Å². The summed E-state index contributed by atoms with van der Waals surface area (Å²) in [6.07, 6.45) is 0. The van der Waals surface area contributed by atoms with Gasteiger partial charge in [-0.15, -0.1) is 0 Å². The molecule has 0 aliphatic carbocycles. The van der Waals surface area contributed by atoms with Crippen molar-refractivity contribution in [2.45, 2.75) is 25.6 Å². The summed E-state index contributed by atoms with van der Waals surface area (Å²) in [5.74, 6) is -2.01. The van der Waals surface area contributed by atoms with E-state index in [4.69, 9.17) is 9.05 Å². The number of benzene rings is 1. The molecule has 0 saturated heterocycles. The molecule has 2 rings (SSSR count). The number of azo groups is 1. The van der Waals surface area contributed by atoms with Crippen molar-refractivity contribution in [1.29, 1.82) is 0 Å². The molecule has 1 aromatic carbocycles. The Morgan fingerprint density at radius 1 is 1.23 bits per heavy atom. The summed E-state index contributed by atoms with van der Waals surface area (Å²) in [5, 5.41) is 7.60. The molecule has 1 aliphatic heterocycles. The molecule has 0 unspecified atom stereocenters. The van der Waals surface area contributed by atoms with E-state index in [1.54, 1.807) is 0 Å². The number of hydrogen-bond donors (Lipinski definition) is 0. The number of ether oxygens (including phenoxy) is 1. The number of esters is 1. The number of halogens is 2. The Morgan fingerprint density at radius 3 is 2.31 bits per heavy atom. The summed E-state index contributed by atoms with van der Waals surface area (Å²) in [5.41, 5.74) is -3.07. The van der Waals surface area contributed by atoms with Crippen LogP contribution in [-0.4, -0.2) is 38.5 Å². The molecule has 0 amide bonds. The van der Waals surface area contributed by atoms with Gasteiger partial charge in [-0.25, -0.2) is 4.79 Å². The van der Waals surface area contributed by atoms with Crippen molar-refractivity contribution in [3.63, 3.8) is 0 Å². The molecule has 0 bridgehead atoms. The van der Waals surface area contributed by atoms with Gasteiger partial charge in [0, 0.05) is 0 Å². The quantitative estimate of drug-likeness (QED) is 0.483. The Balaban J connectivity index is 2.32. The van der Waals surface area contributed by atoms with Crippen LogP contribution in [-0.2, 0) is 18.3 Å². The second kappa shape index (κ2) is 8.33. The fourth-order valence-corrected chi connectivity index (χ4v) is 4.42. The summed E-state index contributed by atoms with van der Waals surface area (Å²) in [7, 11) is -3.44. The Kier molecular flexibility index (Phi) is 6.60. The van der Waals surface area contributed by atoms with Crippen molar-refractivity contribution < 1.29 is 31.9 Å². The van der Waals surface area contributed by atoms with E-state index < -0.39 is 31.2 Å². The predicted octanol–water partition coefficient (Wildman–Crippen LogP) is 4.46. The van der Waals surface area contributed by atoms with Crippen LogP contribution in [0.15, 0.2) is 34.5 Å². The van der Waals surface area contributed by atoms with Crippen LogP contribution in [0.2, 0.25) is 0 Å². The van der Waals surface area contributed by atoms with Crippen molar-refractivity contribution >= 4 is 13.6 Å². The smallest absolute Gasteiger partial charge is 0.400 e. The largest absolute Gasteiger partial charge is 0.465 e. The van der Waals surface area contributed by atoms with Gasteiger partial charge in [0.1, 0.15) is 6.04 Å². The van der Waals surface area contributed by atoms with Crippen LogP contribution in [0.4, 0.5) is 8.78 Å². The number of nitrogens with zero attached hydrogens (tertiary/aromatic N) is 2. The van der Waals surface area contributed by atoms with Crippen molar-refractivity contribution in [3.8, 4) is 0 Å². The minimum Gasteiger partial charge on any atom is -0.465 e. The molecule has 26 heavy (non-hydrogen) atoms. The van der Waals surface area contributed by atoms with E-state index in [0.29, 0.717) is 5.56 Å². The van der Waals surface area contributed by atoms with Crippen LogP contribution in [0.25, 0.3) is 0 Å². The second-order valence-corrected chi connectivity index (χ2v) is 7.63. The lowest BCUT2D eigenvalue weighted by Gasteiger charge is -2.31. The molecular formula is C16H21F2N2O5P. The molecule has 0 spiro atoms. The molecule has 10 heteroatoms. The second-order valence-electron chi connectivity index (χ2n) is 5.53. The first kappa shape index (κ1) is 20.6. The molecular weight excluding hydrogens is 369 g/mol. The number of alkyl halides is 2. The van der Waals surface area contributed by atoms with E-state index >= 15 is 8.78 Å². The third kappa shape index (κ3) is 3.84. The lowest BCUT2D eigenvalue weighted by Crippen LogP contribution is -2.34. The van der Waals surface area contributed by atoms with Gasteiger partial charge in [0.2, 0.25) is 0 Å². The maximum atomic E-state index is 15.0. The molecule has 0 saturated carbocycles. The summed E-state index contributed by atoms with van der Waals surface area (Å²) in [6.45, 7) is 2.28. The van der Waals surface area contributed by atoms with Gasteiger partial charge >= 0.3 is 19.2 Å². The van der Waals surface area contributed by atoms with E-state index in [-0.39, 0.29) is 25.3 Å². The fourth-order valence-electron chi connectivity index (χ4n) is 2.69. The van der Waals surface area contributed by atoms with Gasteiger partial charge in [-0.05, 0) is 31.5 Å². The molecule has 0 N–H and O–H groups in total. The van der Waals surface area contributed by atoms with Gasteiger partial charge < -0.3 is 13.8 Å². The van der Waals surface area contributed by atoms with Gasteiger partial charge in [-0.1, -0.05) is 12.1 Å². The predicted molar refractivity (Wildman–Crippen MR) is 89.5 cm³/mol. The highest BCUT2D eigenvalue weighted by atomic mass is 31.2. The maximum Gasteiger partial charge on any atom is 0.400 e. The van der Waals surface area contributed by atoms with Gasteiger partial charge in [0.05, 0.1) is 38.3 Å². The lowest BCUT2D eigenvalue weighted by molar-refractivity contribution is -0.0128. The minimum atomic E-state index is -4.69. The molecule has 144 valence electrons. The van der Waals surface area contributed by atoms with Gasteiger partial charge in [0.25, 0.3) is 0 Å². The highest BCUT2D eigenvalue weighted by molar-refractivity contribution is 7.55. The summed E-state index contributed by atoms with van der Waals surface area (Å²) >= 11 is 0. The number of carbonyl (C=O) groups excluding carboxylic acids is 1. The highest BCUT2D eigenvalue weighted by Crippen LogP contribution is 2.67. The molecule has 7 nitrogen and oxygen atoms in total. The first-order valence-corrected chi connectivity index (χ1v) is 9.66. The number of rotatable bonds is 8. The van der Waals surface area contributed by atoms with Gasteiger partial charge in [-0.2, -0.15) is 19.0 Å². The Morgan fingerprint density at radius 2 is 1.81 bits per heavy atom. The fraction of sp³-hybridized carbons (Fsp3) is 0.562. The van der Waals surface area contributed by atoms with Gasteiger partial charge in [0.15, 0.2) is 0 Å². The minimum absolute atomic E-state index is 0.174. The molecule has 1 aromatic rings. The number of hydrogen-bond acceptors (Lipinski definition) is 7. The van der Waals surface area contributed by atoms with Crippen LogP contribution in [0, 0.1) is 5.92 Å². The standard InChI is InChI=1S/C16H21F2N2O5P/c1-4-24-26(22,25-5-2)16(17,18)13-10-19-20-14(13)11-6-8-12(9-7-11)15(21)23-3/h6-9,13-14H,4-5,10H2,1-3H3/t13-,14+/m0/s1. The Bertz CT molecular complexity index is 701.